The molecule has 4 rings (SSSR count). The molecule has 0 saturated carbocycles. The summed E-state index contributed by atoms with van der Waals surface area (Å²) in [5.41, 5.74) is 2.22. The van der Waals surface area contributed by atoms with Crippen molar-refractivity contribution in [1.82, 2.24) is 5.32 Å². The van der Waals surface area contributed by atoms with E-state index >= 15 is 0 Å². The van der Waals surface area contributed by atoms with E-state index in [1.807, 2.05) is 31.2 Å². The Morgan fingerprint density at radius 3 is 2.62 bits per heavy atom. The molecular weight excluding hydrogens is 390 g/mol. The number of nitro benzene ring substituents is 1. The van der Waals surface area contributed by atoms with Gasteiger partial charge in [0.05, 0.1) is 21.1 Å². The molecular formula is C21H15N3O4S. The van der Waals surface area contributed by atoms with Crippen LogP contribution in [0, 0.1) is 17.0 Å². The molecule has 0 aliphatic carbocycles. The highest BCUT2D eigenvalue weighted by Gasteiger charge is 2.24. The molecule has 1 aromatic heterocycles. The highest BCUT2D eigenvalue weighted by atomic mass is 32.2. The second-order valence-corrected chi connectivity index (χ2v) is 7.32. The van der Waals surface area contributed by atoms with E-state index in [1.165, 1.54) is 17.8 Å². The van der Waals surface area contributed by atoms with Crippen molar-refractivity contribution < 1.29 is 14.1 Å². The zero-order valence-corrected chi connectivity index (χ0v) is 16.1. The van der Waals surface area contributed by atoms with Gasteiger partial charge in [0.2, 0.25) is 0 Å². The number of amides is 1. The van der Waals surface area contributed by atoms with Gasteiger partial charge in [0.1, 0.15) is 11.5 Å². The molecule has 1 aliphatic rings. The number of amidine groups is 1. The zero-order valence-electron chi connectivity index (χ0n) is 15.3. The topological polar surface area (TPSA) is 97.7 Å². The number of benzene rings is 2. The second-order valence-electron chi connectivity index (χ2n) is 6.29. The molecule has 1 aliphatic heterocycles. The molecule has 7 nitrogen and oxygen atoms in total. The van der Waals surface area contributed by atoms with E-state index < -0.39 is 4.92 Å². The van der Waals surface area contributed by atoms with Gasteiger partial charge in [-0.15, -0.1) is 0 Å². The van der Waals surface area contributed by atoms with Crippen molar-refractivity contribution >= 4 is 40.3 Å². The molecule has 1 fully saturated rings. The Morgan fingerprint density at radius 2 is 1.86 bits per heavy atom. The summed E-state index contributed by atoms with van der Waals surface area (Å²) in [5.74, 6) is 0.512. The quantitative estimate of drug-likeness (QED) is 0.372. The van der Waals surface area contributed by atoms with Crippen LogP contribution in [0.15, 0.2) is 75.0 Å². The van der Waals surface area contributed by atoms with E-state index in [2.05, 4.69) is 10.3 Å². The number of carbonyl (C=O) groups is 1. The summed E-state index contributed by atoms with van der Waals surface area (Å²) in [4.78, 5) is 27.9. The van der Waals surface area contributed by atoms with E-state index in [4.69, 9.17) is 4.42 Å². The standard InChI is InChI=1S/C21H15N3O4S/c1-13-6-8-14(9-7-13)22-21-23-20(25)19(29-21)12-15-10-11-18(28-15)16-4-2-3-5-17(16)24(26)27/h2-12H,1H3,(H,22,23,25)/b19-12-. The number of hydrogen-bond acceptors (Lipinski definition) is 6. The normalized spacial score (nSPS) is 16.4. The second kappa shape index (κ2) is 7.76. The fourth-order valence-corrected chi connectivity index (χ4v) is 3.58. The maximum atomic E-state index is 12.2. The van der Waals surface area contributed by atoms with E-state index in [1.54, 1.807) is 36.4 Å². The van der Waals surface area contributed by atoms with Crippen LogP contribution in [-0.2, 0) is 4.79 Å². The molecule has 8 heteroatoms. The molecule has 1 N–H and O–H groups in total. The molecule has 1 saturated heterocycles. The van der Waals surface area contributed by atoms with Gasteiger partial charge in [0.15, 0.2) is 5.17 Å². The van der Waals surface area contributed by atoms with Gasteiger partial charge in [-0.1, -0.05) is 29.8 Å². The number of rotatable bonds is 4. The van der Waals surface area contributed by atoms with Gasteiger partial charge in [0, 0.05) is 12.1 Å². The minimum absolute atomic E-state index is 0.0402. The Bertz CT molecular complexity index is 1160. The smallest absolute Gasteiger partial charge is 0.280 e. The Balaban J connectivity index is 1.57. The lowest BCUT2D eigenvalue weighted by Crippen LogP contribution is -2.19. The molecule has 144 valence electrons. The van der Waals surface area contributed by atoms with Crippen molar-refractivity contribution in [2.45, 2.75) is 6.92 Å². The van der Waals surface area contributed by atoms with E-state index in [-0.39, 0.29) is 11.6 Å². The van der Waals surface area contributed by atoms with Crippen molar-refractivity contribution in [2.75, 3.05) is 0 Å². The summed E-state index contributed by atoms with van der Waals surface area (Å²) in [6.07, 6.45) is 1.59. The Hall–Kier alpha value is -3.65. The number of nitrogens with one attached hydrogen (secondary N) is 1. The first-order valence-corrected chi connectivity index (χ1v) is 9.51. The number of carbonyl (C=O) groups excluding carboxylic acids is 1. The van der Waals surface area contributed by atoms with E-state index in [9.17, 15) is 14.9 Å². The van der Waals surface area contributed by atoms with Gasteiger partial charge in [-0.3, -0.25) is 14.9 Å². The van der Waals surface area contributed by atoms with Gasteiger partial charge in [0.25, 0.3) is 11.6 Å². The summed E-state index contributed by atoms with van der Waals surface area (Å²) in [5, 5.41) is 14.4. The number of nitro groups is 1. The maximum absolute atomic E-state index is 12.2. The van der Waals surface area contributed by atoms with Gasteiger partial charge in [-0.2, -0.15) is 0 Å². The van der Waals surface area contributed by atoms with Crippen LogP contribution in [0.25, 0.3) is 17.4 Å². The number of para-hydroxylation sites is 1. The van der Waals surface area contributed by atoms with Crippen LogP contribution in [0.3, 0.4) is 0 Å². The molecule has 0 atom stereocenters. The number of hydrogen-bond donors (Lipinski definition) is 1. The number of aliphatic imine (C=N–C) groups is 1. The van der Waals surface area contributed by atoms with Crippen molar-refractivity contribution in [3.63, 3.8) is 0 Å². The van der Waals surface area contributed by atoms with Crippen LogP contribution in [-0.4, -0.2) is 16.0 Å². The van der Waals surface area contributed by atoms with E-state index in [0.717, 1.165) is 11.3 Å². The van der Waals surface area contributed by atoms with Crippen LogP contribution >= 0.6 is 11.8 Å². The fourth-order valence-electron chi connectivity index (χ4n) is 2.76. The van der Waals surface area contributed by atoms with Crippen LogP contribution in [0.4, 0.5) is 11.4 Å². The number of thioether (sulfide) groups is 1. The summed E-state index contributed by atoms with van der Waals surface area (Å²) in [7, 11) is 0. The molecule has 0 spiro atoms. The predicted octanol–water partition coefficient (Wildman–Crippen LogP) is 5.05. The van der Waals surface area contributed by atoms with Crippen LogP contribution in [0.1, 0.15) is 11.3 Å². The molecule has 29 heavy (non-hydrogen) atoms. The molecule has 2 aromatic carbocycles. The minimum atomic E-state index is -0.454. The van der Waals surface area contributed by atoms with Crippen molar-refractivity contribution in [3.05, 3.63) is 87.0 Å². The van der Waals surface area contributed by atoms with E-state index in [0.29, 0.717) is 27.2 Å². The van der Waals surface area contributed by atoms with Gasteiger partial charge in [-0.25, -0.2) is 4.99 Å². The monoisotopic (exact) mass is 405 g/mol. The third kappa shape index (κ3) is 4.12. The summed E-state index contributed by atoms with van der Waals surface area (Å²) >= 11 is 1.21. The highest BCUT2D eigenvalue weighted by molar-refractivity contribution is 8.18. The average Bonchev–Trinajstić information content (AvgIpc) is 3.30. The van der Waals surface area contributed by atoms with Gasteiger partial charge in [-0.05, 0) is 49.0 Å². The Morgan fingerprint density at radius 1 is 1.10 bits per heavy atom. The van der Waals surface area contributed by atoms with Gasteiger partial charge >= 0.3 is 0 Å². The van der Waals surface area contributed by atoms with Crippen molar-refractivity contribution in [1.29, 1.82) is 0 Å². The highest BCUT2D eigenvalue weighted by Crippen LogP contribution is 2.33. The van der Waals surface area contributed by atoms with Crippen LogP contribution in [0.2, 0.25) is 0 Å². The van der Waals surface area contributed by atoms with Gasteiger partial charge < -0.3 is 9.73 Å². The number of nitrogens with zero attached hydrogens (tertiary/aromatic N) is 2. The minimum Gasteiger partial charge on any atom is -0.456 e. The lowest BCUT2D eigenvalue weighted by molar-refractivity contribution is -0.384. The molecule has 1 amide bonds. The molecule has 0 radical (unpaired) electrons. The summed E-state index contributed by atoms with van der Waals surface area (Å²) in [6.45, 7) is 1.99. The molecule has 2 heterocycles. The first-order chi connectivity index (χ1) is 14.0. The van der Waals surface area contributed by atoms with Crippen LogP contribution in [0.5, 0.6) is 0 Å². The maximum Gasteiger partial charge on any atom is 0.280 e. The average molecular weight is 405 g/mol. The number of furan rings is 1. The molecule has 0 bridgehead atoms. The Labute approximate surface area is 170 Å². The summed E-state index contributed by atoms with van der Waals surface area (Å²) < 4.78 is 5.72. The Kier molecular flexibility index (Phi) is 5.01. The van der Waals surface area contributed by atoms with Crippen molar-refractivity contribution in [2.24, 2.45) is 4.99 Å². The van der Waals surface area contributed by atoms with Crippen LogP contribution < -0.4 is 5.32 Å². The molecule has 0 unspecified atom stereocenters. The third-order valence-corrected chi connectivity index (χ3v) is 5.09. The van der Waals surface area contributed by atoms with Crippen molar-refractivity contribution in [3.8, 4) is 11.3 Å². The first-order valence-electron chi connectivity index (χ1n) is 8.69. The third-order valence-electron chi connectivity index (χ3n) is 4.18. The SMILES string of the molecule is Cc1ccc(N=C2NC(=O)/C(=C/c3ccc(-c4ccccc4[N+](=O)[O-])o3)S2)cc1. The zero-order chi connectivity index (χ0) is 20.4. The first kappa shape index (κ1) is 18.7. The summed E-state index contributed by atoms with van der Waals surface area (Å²) in [6, 6.07) is 17.3. The number of aryl methyl sites for hydroxylation is 1. The fraction of sp³-hybridized carbons (Fsp3) is 0.0476. The predicted molar refractivity (Wildman–Crippen MR) is 113 cm³/mol. The lowest BCUT2D eigenvalue weighted by atomic mass is 10.1. The molecule has 3 aromatic rings. The largest absolute Gasteiger partial charge is 0.456 e. The lowest BCUT2D eigenvalue weighted by Gasteiger charge is -1.98.